The number of hydrogen-bond acceptors (Lipinski definition) is 3. The molecule has 0 amide bonds. The van der Waals surface area contributed by atoms with Gasteiger partial charge in [0, 0.05) is 0 Å². The largest absolute Gasteiger partial charge is 0.392 e. The molecular weight excluding hydrogens is 154 g/mol. The summed E-state index contributed by atoms with van der Waals surface area (Å²) in [4.78, 5) is 10.3. The zero-order valence-corrected chi connectivity index (χ0v) is 6.99. The van der Waals surface area contributed by atoms with E-state index >= 15 is 0 Å². The Labute approximate surface area is 71.8 Å². The standard InChI is InChI=1S/C9H13NO2/c1-7-2-3-8(4-5-11)6-9(7)10-12/h4,9,11H,1-3,5-6H2/b8-4-/t9-/m1/s1. The fourth-order valence-corrected chi connectivity index (χ4v) is 1.41. The highest BCUT2D eigenvalue weighted by molar-refractivity contribution is 5.20. The molecule has 1 fully saturated rings. The monoisotopic (exact) mass is 167 g/mol. The van der Waals surface area contributed by atoms with E-state index in [0.29, 0.717) is 6.42 Å². The Morgan fingerprint density at radius 2 is 2.42 bits per heavy atom. The zero-order valence-electron chi connectivity index (χ0n) is 6.99. The second-order valence-electron chi connectivity index (χ2n) is 3.03. The highest BCUT2D eigenvalue weighted by Crippen LogP contribution is 2.28. The van der Waals surface area contributed by atoms with Crippen LogP contribution in [0.5, 0.6) is 0 Å². The van der Waals surface area contributed by atoms with Gasteiger partial charge in [0.1, 0.15) is 6.04 Å². The molecule has 1 N–H and O–H groups in total. The molecule has 0 bridgehead atoms. The van der Waals surface area contributed by atoms with Crippen LogP contribution in [0.4, 0.5) is 0 Å². The van der Waals surface area contributed by atoms with Crippen molar-refractivity contribution in [1.29, 1.82) is 0 Å². The van der Waals surface area contributed by atoms with E-state index in [1.165, 1.54) is 0 Å². The first kappa shape index (κ1) is 9.13. The summed E-state index contributed by atoms with van der Waals surface area (Å²) in [5.74, 6) is 0. The van der Waals surface area contributed by atoms with Crippen molar-refractivity contribution in [3.05, 3.63) is 28.7 Å². The Kier molecular flexibility index (Phi) is 3.17. The van der Waals surface area contributed by atoms with Crippen LogP contribution in [-0.2, 0) is 0 Å². The lowest BCUT2D eigenvalue weighted by Crippen LogP contribution is -2.14. The lowest BCUT2D eigenvalue weighted by atomic mass is 9.87. The van der Waals surface area contributed by atoms with Gasteiger partial charge in [0.2, 0.25) is 0 Å². The predicted molar refractivity (Wildman–Crippen MR) is 47.7 cm³/mol. The topological polar surface area (TPSA) is 49.7 Å². The highest BCUT2D eigenvalue weighted by atomic mass is 16.3. The van der Waals surface area contributed by atoms with Crippen LogP contribution < -0.4 is 0 Å². The van der Waals surface area contributed by atoms with Gasteiger partial charge in [-0.15, -0.1) is 0 Å². The molecule has 1 saturated carbocycles. The van der Waals surface area contributed by atoms with Gasteiger partial charge in [-0.3, -0.25) is 0 Å². The van der Waals surface area contributed by atoms with E-state index in [1.54, 1.807) is 6.08 Å². The Bertz CT molecular complexity index is 221. The lowest BCUT2D eigenvalue weighted by Gasteiger charge is -2.20. The summed E-state index contributed by atoms with van der Waals surface area (Å²) in [5.41, 5.74) is 2.04. The zero-order chi connectivity index (χ0) is 8.97. The smallest absolute Gasteiger partial charge is 0.116 e. The van der Waals surface area contributed by atoms with Crippen LogP contribution in [0.1, 0.15) is 19.3 Å². The summed E-state index contributed by atoms with van der Waals surface area (Å²) in [6.07, 6.45) is 4.13. The number of hydrogen-bond donors (Lipinski definition) is 1. The molecule has 3 nitrogen and oxygen atoms in total. The first-order chi connectivity index (χ1) is 5.77. The second kappa shape index (κ2) is 4.16. The predicted octanol–water partition coefficient (Wildman–Crippen LogP) is 1.78. The van der Waals surface area contributed by atoms with Crippen LogP contribution in [-0.4, -0.2) is 17.8 Å². The Morgan fingerprint density at radius 1 is 1.67 bits per heavy atom. The SMILES string of the molecule is C=C1CC/C(=C/CO)C[C@H]1N=O. The normalized spacial score (nSPS) is 27.6. The molecule has 1 aliphatic rings. The van der Waals surface area contributed by atoms with Gasteiger partial charge in [-0.05, 0) is 24.8 Å². The average molecular weight is 167 g/mol. The van der Waals surface area contributed by atoms with Crippen molar-refractivity contribution >= 4 is 0 Å². The van der Waals surface area contributed by atoms with E-state index in [4.69, 9.17) is 5.11 Å². The summed E-state index contributed by atoms with van der Waals surface area (Å²) >= 11 is 0. The molecular formula is C9H13NO2. The molecule has 1 atom stereocenters. The maximum absolute atomic E-state index is 10.3. The van der Waals surface area contributed by atoms with Gasteiger partial charge in [-0.25, -0.2) is 0 Å². The minimum atomic E-state index is -0.267. The van der Waals surface area contributed by atoms with Crippen LogP contribution in [0.15, 0.2) is 29.0 Å². The summed E-state index contributed by atoms with van der Waals surface area (Å²) < 4.78 is 0. The quantitative estimate of drug-likeness (QED) is 0.503. The van der Waals surface area contributed by atoms with Gasteiger partial charge in [0.25, 0.3) is 0 Å². The molecule has 0 aromatic heterocycles. The first-order valence-corrected chi connectivity index (χ1v) is 4.07. The van der Waals surface area contributed by atoms with Crippen molar-refractivity contribution in [1.82, 2.24) is 0 Å². The highest BCUT2D eigenvalue weighted by Gasteiger charge is 2.20. The number of rotatable bonds is 2. The second-order valence-corrected chi connectivity index (χ2v) is 3.03. The average Bonchev–Trinajstić information content (AvgIpc) is 2.09. The fraction of sp³-hybridized carbons (Fsp3) is 0.556. The van der Waals surface area contributed by atoms with Gasteiger partial charge in [-0.1, -0.05) is 23.4 Å². The van der Waals surface area contributed by atoms with Gasteiger partial charge in [-0.2, -0.15) is 4.91 Å². The first-order valence-electron chi connectivity index (χ1n) is 4.07. The van der Waals surface area contributed by atoms with E-state index in [-0.39, 0.29) is 12.6 Å². The minimum absolute atomic E-state index is 0.0490. The Morgan fingerprint density at radius 3 is 3.00 bits per heavy atom. The molecule has 0 aromatic rings. The van der Waals surface area contributed by atoms with Crippen LogP contribution in [0.25, 0.3) is 0 Å². The summed E-state index contributed by atoms with van der Waals surface area (Å²) in [7, 11) is 0. The van der Waals surface area contributed by atoms with Crippen molar-refractivity contribution in [2.75, 3.05) is 6.61 Å². The van der Waals surface area contributed by atoms with E-state index in [9.17, 15) is 4.91 Å². The van der Waals surface area contributed by atoms with Gasteiger partial charge in [0.15, 0.2) is 0 Å². The van der Waals surface area contributed by atoms with Crippen molar-refractivity contribution < 1.29 is 5.11 Å². The number of nitroso groups, excluding NO2 is 1. The number of nitrogens with zero attached hydrogens (tertiary/aromatic N) is 1. The van der Waals surface area contributed by atoms with Crippen LogP contribution >= 0.6 is 0 Å². The molecule has 3 heteroatoms. The molecule has 1 rings (SSSR count). The van der Waals surface area contributed by atoms with Crippen molar-refractivity contribution in [2.24, 2.45) is 5.18 Å². The van der Waals surface area contributed by atoms with E-state index in [1.807, 2.05) is 0 Å². The Balaban J connectivity index is 2.61. The maximum Gasteiger partial charge on any atom is 0.116 e. The van der Waals surface area contributed by atoms with Crippen LogP contribution in [0, 0.1) is 4.91 Å². The summed E-state index contributed by atoms with van der Waals surface area (Å²) in [6.45, 7) is 3.83. The Hall–Kier alpha value is -0.960. The van der Waals surface area contributed by atoms with Crippen molar-refractivity contribution in [2.45, 2.75) is 25.3 Å². The van der Waals surface area contributed by atoms with E-state index in [0.717, 1.165) is 24.0 Å². The van der Waals surface area contributed by atoms with Crippen LogP contribution in [0.2, 0.25) is 0 Å². The molecule has 0 aromatic carbocycles. The van der Waals surface area contributed by atoms with Gasteiger partial charge >= 0.3 is 0 Å². The van der Waals surface area contributed by atoms with Crippen LogP contribution in [0.3, 0.4) is 0 Å². The molecule has 1 aliphatic carbocycles. The van der Waals surface area contributed by atoms with E-state index in [2.05, 4.69) is 11.8 Å². The van der Waals surface area contributed by atoms with Crippen molar-refractivity contribution in [3.63, 3.8) is 0 Å². The minimum Gasteiger partial charge on any atom is -0.392 e. The maximum atomic E-state index is 10.3. The lowest BCUT2D eigenvalue weighted by molar-refractivity contribution is 0.340. The summed E-state index contributed by atoms with van der Waals surface area (Å²) in [6, 6.07) is -0.267. The fourth-order valence-electron chi connectivity index (χ4n) is 1.41. The van der Waals surface area contributed by atoms with Gasteiger partial charge in [0.05, 0.1) is 6.61 Å². The van der Waals surface area contributed by atoms with Crippen molar-refractivity contribution in [3.8, 4) is 0 Å². The number of aliphatic hydroxyl groups is 1. The third-order valence-corrected chi connectivity index (χ3v) is 2.20. The molecule has 0 aliphatic heterocycles. The third-order valence-electron chi connectivity index (χ3n) is 2.20. The molecule has 0 saturated heterocycles. The van der Waals surface area contributed by atoms with E-state index < -0.39 is 0 Å². The molecule has 66 valence electrons. The molecule has 0 heterocycles. The number of aliphatic hydroxyl groups excluding tert-OH is 1. The summed E-state index contributed by atoms with van der Waals surface area (Å²) in [5, 5.41) is 11.6. The third kappa shape index (κ3) is 2.01. The molecule has 0 spiro atoms. The van der Waals surface area contributed by atoms with Gasteiger partial charge < -0.3 is 5.11 Å². The molecule has 0 unspecified atom stereocenters. The molecule has 0 radical (unpaired) electrons. The molecule has 12 heavy (non-hydrogen) atoms.